The van der Waals surface area contributed by atoms with E-state index in [1.165, 1.54) is 34.9 Å². The molecule has 0 unspecified atom stereocenters. The van der Waals surface area contributed by atoms with Gasteiger partial charge in [-0.2, -0.15) is 16.6 Å². The summed E-state index contributed by atoms with van der Waals surface area (Å²) in [6, 6.07) is 5.71. The molecule has 102 valence electrons. The molecule has 9 heteroatoms. The van der Waals surface area contributed by atoms with Gasteiger partial charge in [0.15, 0.2) is 4.91 Å². The van der Waals surface area contributed by atoms with Crippen LogP contribution in [0.3, 0.4) is 0 Å². The molecule has 0 aromatic carbocycles. The Labute approximate surface area is 122 Å². The number of nitro groups is 1. The third-order valence-corrected chi connectivity index (χ3v) is 5.75. The number of nitrogens with zero attached hydrogens (tertiary/aromatic N) is 2. The third kappa shape index (κ3) is 2.77. The number of thiophene rings is 2. The maximum Gasteiger partial charge on any atom is 0.324 e. The number of rotatable bonds is 4. The van der Waals surface area contributed by atoms with Crippen LogP contribution in [0, 0.1) is 21.4 Å². The van der Waals surface area contributed by atoms with Gasteiger partial charge in [-0.1, -0.05) is 11.3 Å². The number of allylic oxidation sites excluding steroid dienone is 1. The van der Waals surface area contributed by atoms with Crippen LogP contribution in [-0.4, -0.2) is 13.3 Å². The van der Waals surface area contributed by atoms with Crippen LogP contribution in [0.1, 0.15) is 4.88 Å². The summed E-state index contributed by atoms with van der Waals surface area (Å²) < 4.78 is 24.3. The molecule has 0 fully saturated rings. The Hall–Kier alpha value is -2.02. The van der Waals surface area contributed by atoms with Gasteiger partial charge in [-0.25, -0.2) is 8.42 Å². The van der Waals surface area contributed by atoms with E-state index in [0.29, 0.717) is 4.88 Å². The van der Waals surface area contributed by atoms with Crippen molar-refractivity contribution in [3.05, 3.63) is 48.9 Å². The number of nitriles is 1. The van der Waals surface area contributed by atoms with Gasteiger partial charge in [-0.05, 0) is 23.6 Å². The Morgan fingerprint density at radius 3 is 2.65 bits per heavy atom. The maximum absolute atomic E-state index is 12.2. The maximum atomic E-state index is 12.2. The molecule has 2 aromatic heterocycles. The molecule has 0 aliphatic carbocycles. The third-order valence-electron chi connectivity index (χ3n) is 2.27. The second-order valence-electron chi connectivity index (χ2n) is 3.52. The van der Waals surface area contributed by atoms with E-state index < -0.39 is 19.7 Å². The van der Waals surface area contributed by atoms with Gasteiger partial charge in [0.25, 0.3) is 0 Å². The van der Waals surface area contributed by atoms with E-state index >= 15 is 0 Å². The predicted octanol–water partition coefficient (Wildman–Crippen LogP) is 3.06. The summed E-state index contributed by atoms with van der Waals surface area (Å²) in [4.78, 5) is 9.94. The van der Waals surface area contributed by atoms with E-state index in [4.69, 9.17) is 5.26 Å². The van der Waals surface area contributed by atoms with Gasteiger partial charge in [0, 0.05) is 16.3 Å². The first-order chi connectivity index (χ1) is 9.45. The van der Waals surface area contributed by atoms with Crippen molar-refractivity contribution in [2.24, 2.45) is 0 Å². The van der Waals surface area contributed by atoms with Crippen molar-refractivity contribution >= 4 is 43.6 Å². The second kappa shape index (κ2) is 5.54. The number of hydrogen-bond acceptors (Lipinski definition) is 7. The highest BCUT2D eigenvalue weighted by molar-refractivity contribution is 7.95. The fraction of sp³-hybridized carbons (Fsp3) is 0. The Morgan fingerprint density at radius 1 is 1.40 bits per heavy atom. The molecular weight excluding hydrogens is 320 g/mol. The van der Waals surface area contributed by atoms with Crippen LogP contribution in [0.5, 0.6) is 0 Å². The van der Waals surface area contributed by atoms with Crippen molar-refractivity contribution in [1.29, 1.82) is 5.26 Å². The number of sulfone groups is 1. The van der Waals surface area contributed by atoms with Gasteiger partial charge in [0.2, 0.25) is 9.84 Å². The van der Waals surface area contributed by atoms with Crippen molar-refractivity contribution in [1.82, 2.24) is 0 Å². The Bertz CT molecular complexity index is 810. The van der Waals surface area contributed by atoms with Gasteiger partial charge < -0.3 is 0 Å². The summed E-state index contributed by atoms with van der Waals surface area (Å²) >= 11 is 2.02. The van der Waals surface area contributed by atoms with Crippen molar-refractivity contribution in [3.63, 3.8) is 0 Å². The summed E-state index contributed by atoms with van der Waals surface area (Å²) in [7, 11) is -3.87. The lowest BCUT2D eigenvalue weighted by Gasteiger charge is -1.98. The van der Waals surface area contributed by atoms with Gasteiger partial charge in [0.1, 0.15) is 6.07 Å². The molecule has 0 bridgehead atoms. The lowest BCUT2D eigenvalue weighted by atomic mass is 10.4. The van der Waals surface area contributed by atoms with E-state index in [1.54, 1.807) is 11.4 Å². The second-order valence-corrected chi connectivity index (χ2v) is 7.31. The lowest BCUT2D eigenvalue weighted by molar-refractivity contribution is -0.380. The van der Waals surface area contributed by atoms with Gasteiger partial charge in [-0.15, -0.1) is 0 Å². The van der Waals surface area contributed by atoms with Gasteiger partial charge in [-0.3, -0.25) is 10.1 Å². The van der Waals surface area contributed by atoms with Crippen LogP contribution in [0.4, 0.5) is 5.00 Å². The van der Waals surface area contributed by atoms with Crippen LogP contribution in [-0.2, 0) is 9.84 Å². The topological polar surface area (TPSA) is 101 Å². The number of hydrogen-bond donors (Lipinski definition) is 0. The first-order valence-electron chi connectivity index (χ1n) is 5.08. The Kier molecular flexibility index (Phi) is 3.99. The van der Waals surface area contributed by atoms with Crippen LogP contribution in [0.25, 0.3) is 6.08 Å². The first-order valence-corrected chi connectivity index (χ1v) is 8.32. The smallest absolute Gasteiger partial charge is 0.258 e. The van der Waals surface area contributed by atoms with Gasteiger partial charge >= 0.3 is 5.00 Å². The molecule has 0 aliphatic heterocycles. The molecule has 20 heavy (non-hydrogen) atoms. The average molecular weight is 326 g/mol. The van der Waals surface area contributed by atoms with Crippen molar-refractivity contribution in [2.75, 3.05) is 0 Å². The summed E-state index contributed by atoms with van der Waals surface area (Å²) in [6.07, 6.45) is 1.14. The highest BCUT2D eigenvalue weighted by Gasteiger charge is 2.21. The van der Waals surface area contributed by atoms with Gasteiger partial charge in [0.05, 0.1) is 9.82 Å². The van der Waals surface area contributed by atoms with Crippen molar-refractivity contribution < 1.29 is 13.3 Å². The molecule has 2 heterocycles. The molecule has 0 saturated heterocycles. The molecule has 0 atom stereocenters. The van der Waals surface area contributed by atoms with Crippen molar-refractivity contribution in [2.45, 2.75) is 4.90 Å². The zero-order chi connectivity index (χ0) is 14.8. The van der Waals surface area contributed by atoms with Crippen LogP contribution in [0.2, 0.25) is 0 Å². The minimum absolute atomic E-state index is 0.0429. The molecule has 0 spiro atoms. The highest BCUT2D eigenvalue weighted by Crippen LogP contribution is 2.28. The molecule has 2 rings (SSSR count). The SMILES string of the molecule is N#C/C(=C/c1ccc([N+](=O)[O-])s1)S(=O)(=O)c1ccsc1. The first kappa shape index (κ1) is 14.4. The van der Waals surface area contributed by atoms with E-state index in [1.807, 2.05) is 0 Å². The molecule has 0 amide bonds. The fourth-order valence-electron chi connectivity index (χ4n) is 1.35. The quantitative estimate of drug-likeness (QED) is 0.488. The molecule has 6 nitrogen and oxygen atoms in total. The van der Waals surface area contributed by atoms with Crippen LogP contribution < -0.4 is 0 Å². The van der Waals surface area contributed by atoms with Crippen LogP contribution >= 0.6 is 22.7 Å². The molecule has 2 aromatic rings. The summed E-state index contributed by atoms with van der Waals surface area (Å²) in [5.74, 6) is 0. The molecular formula is C11H6N2O4S3. The average Bonchev–Trinajstić information content (AvgIpc) is 3.06. The lowest BCUT2D eigenvalue weighted by Crippen LogP contribution is -2.01. The summed E-state index contributed by atoms with van der Waals surface area (Å²) in [6.45, 7) is 0. The van der Waals surface area contributed by atoms with Crippen LogP contribution in [0.15, 0.2) is 38.8 Å². The molecule has 0 saturated carbocycles. The Morgan fingerprint density at radius 2 is 2.15 bits per heavy atom. The molecule has 0 radical (unpaired) electrons. The van der Waals surface area contributed by atoms with E-state index in [-0.39, 0.29) is 9.90 Å². The summed E-state index contributed by atoms with van der Waals surface area (Å²) in [5.41, 5.74) is 0. The Balaban J connectivity index is 2.45. The largest absolute Gasteiger partial charge is 0.324 e. The minimum Gasteiger partial charge on any atom is -0.258 e. The van der Waals surface area contributed by atoms with E-state index in [2.05, 4.69) is 0 Å². The monoisotopic (exact) mass is 326 g/mol. The normalized spacial score (nSPS) is 12.1. The standard InChI is InChI=1S/C11H6N2O4S3/c12-6-10(20(16,17)9-3-4-18-7-9)5-8-1-2-11(19-8)13(14)15/h1-5,7H/b10-5-. The van der Waals surface area contributed by atoms with E-state index in [9.17, 15) is 18.5 Å². The molecule has 0 aliphatic rings. The fourth-order valence-corrected chi connectivity index (χ4v) is 4.37. The highest BCUT2D eigenvalue weighted by atomic mass is 32.2. The summed E-state index contributed by atoms with van der Waals surface area (Å²) in [5, 5.41) is 22.5. The minimum atomic E-state index is -3.87. The zero-order valence-electron chi connectivity index (χ0n) is 9.72. The predicted molar refractivity (Wildman–Crippen MR) is 76.1 cm³/mol. The van der Waals surface area contributed by atoms with E-state index in [0.717, 1.165) is 17.4 Å². The van der Waals surface area contributed by atoms with Crippen molar-refractivity contribution in [3.8, 4) is 6.07 Å². The molecule has 0 N–H and O–H groups in total. The zero-order valence-corrected chi connectivity index (χ0v) is 12.2.